The highest BCUT2D eigenvalue weighted by Crippen LogP contribution is 2.37. The van der Waals surface area contributed by atoms with E-state index in [0.717, 1.165) is 16.8 Å². The molecular formula is C16H18N4O2. The Kier molecular flexibility index (Phi) is 2.85. The number of aromatic nitrogens is 2. The van der Waals surface area contributed by atoms with Crippen LogP contribution in [0.5, 0.6) is 0 Å². The predicted molar refractivity (Wildman–Crippen MR) is 84.4 cm³/mol. The lowest BCUT2D eigenvalue weighted by Crippen LogP contribution is -2.42. The molecule has 1 fully saturated rings. The number of fused-ring (bicyclic) bond motifs is 1. The van der Waals surface area contributed by atoms with Gasteiger partial charge in [0.05, 0.1) is 23.6 Å². The summed E-state index contributed by atoms with van der Waals surface area (Å²) >= 11 is 0. The molecule has 6 heteroatoms. The van der Waals surface area contributed by atoms with Gasteiger partial charge in [0.15, 0.2) is 0 Å². The standard InChI is InChI=1S/C16H18N4O2/c1-10-8-19(16(21)22)15-6-11(2-5-14(15)18-10)12-7-17-20(9-12)13-3-4-13/h2,5-7,9-10,13,18H,3-4,8H2,1H3,(H,21,22)/t10-/m0/s1. The van der Waals surface area contributed by atoms with Gasteiger partial charge in [-0.1, -0.05) is 6.07 Å². The molecule has 6 nitrogen and oxygen atoms in total. The molecule has 1 amide bonds. The first-order valence-electron chi connectivity index (χ1n) is 7.57. The van der Waals surface area contributed by atoms with E-state index in [1.807, 2.05) is 42.2 Å². The fourth-order valence-corrected chi connectivity index (χ4v) is 2.95. The second-order valence-electron chi connectivity index (χ2n) is 6.11. The van der Waals surface area contributed by atoms with E-state index in [4.69, 9.17) is 0 Å². The van der Waals surface area contributed by atoms with E-state index in [0.29, 0.717) is 18.3 Å². The molecule has 0 radical (unpaired) electrons. The molecule has 0 bridgehead atoms. The van der Waals surface area contributed by atoms with Gasteiger partial charge in [0.1, 0.15) is 0 Å². The van der Waals surface area contributed by atoms with Crippen LogP contribution in [0, 0.1) is 0 Å². The number of anilines is 2. The molecule has 2 heterocycles. The molecule has 2 aliphatic rings. The Balaban J connectivity index is 1.72. The van der Waals surface area contributed by atoms with Crippen molar-refractivity contribution in [3.05, 3.63) is 30.6 Å². The van der Waals surface area contributed by atoms with E-state index < -0.39 is 6.09 Å². The lowest BCUT2D eigenvalue weighted by atomic mass is 10.0. The lowest BCUT2D eigenvalue weighted by molar-refractivity contribution is 0.201. The van der Waals surface area contributed by atoms with Crippen molar-refractivity contribution in [1.29, 1.82) is 0 Å². The minimum Gasteiger partial charge on any atom is -0.465 e. The SMILES string of the molecule is C[C@H]1CN(C(=O)O)c2cc(-c3cnn(C4CC4)c3)ccc2N1. The zero-order valence-corrected chi connectivity index (χ0v) is 12.4. The molecule has 22 heavy (non-hydrogen) atoms. The molecule has 4 rings (SSSR count). The fraction of sp³-hybridized carbons (Fsp3) is 0.375. The third-order valence-corrected chi connectivity index (χ3v) is 4.23. The Morgan fingerprint density at radius 2 is 2.18 bits per heavy atom. The number of nitrogens with zero attached hydrogens (tertiary/aromatic N) is 3. The monoisotopic (exact) mass is 298 g/mol. The maximum absolute atomic E-state index is 11.5. The predicted octanol–water partition coefficient (Wildman–Crippen LogP) is 3.18. The number of carbonyl (C=O) groups is 1. The van der Waals surface area contributed by atoms with Crippen LogP contribution in [0.4, 0.5) is 16.2 Å². The summed E-state index contributed by atoms with van der Waals surface area (Å²) in [5, 5.41) is 17.2. The van der Waals surface area contributed by atoms with Crippen molar-refractivity contribution < 1.29 is 9.90 Å². The van der Waals surface area contributed by atoms with E-state index in [1.165, 1.54) is 17.7 Å². The number of rotatable bonds is 2. The molecule has 1 atom stereocenters. The Morgan fingerprint density at radius 1 is 1.36 bits per heavy atom. The number of hydrogen-bond donors (Lipinski definition) is 2. The first-order chi connectivity index (χ1) is 10.6. The number of carboxylic acid groups (broad SMARTS) is 1. The van der Waals surface area contributed by atoms with Gasteiger partial charge in [0.2, 0.25) is 0 Å². The second-order valence-corrected chi connectivity index (χ2v) is 6.11. The van der Waals surface area contributed by atoms with Crippen LogP contribution < -0.4 is 10.2 Å². The van der Waals surface area contributed by atoms with E-state index >= 15 is 0 Å². The van der Waals surface area contributed by atoms with Crippen LogP contribution in [0.2, 0.25) is 0 Å². The average molecular weight is 298 g/mol. The Bertz CT molecular complexity index is 735. The van der Waals surface area contributed by atoms with Gasteiger partial charge < -0.3 is 10.4 Å². The molecule has 1 aromatic heterocycles. The highest BCUT2D eigenvalue weighted by Gasteiger charge is 2.27. The zero-order chi connectivity index (χ0) is 15.3. The van der Waals surface area contributed by atoms with Crippen LogP contribution in [0.25, 0.3) is 11.1 Å². The van der Waals surface area contributed by atoms with E-state index in [2.05, 4.69) is 10.4 Å². The second kappa shape index (κ2) is 4.76. The largest absolute Gasteiger partial charge is 0.465 e. The lowest BCUT2D eigenvalue weighted by Gasteiger charge is -2.32. The molecule has 114 valence electrons. The van der Waals surface area contributed by atoms with Crippen molar-refractivity contribution in [2.24, 2.45) is 0 Å². The van der Waals surface area contributed by atoms with Crippen molar-refractivity contribution in [2.45, 2.75) is 31.8 Å². The van der Waals surface area contributed by atoms with Crippen LogP contribution in [0.3, 0.4) is 0 Å². The van der Waals surface area contributed by atoms with Crippen molar-refractivity contribution >= 4 is 17.5 Å². The topological polar surface area (TPSA) is 70.4 Å². The molecule has 1 aliphatic carbocycles. The van der Waals surface area contributed by atoms with Crippen LogP contribution in [-0.4, -0.2) is 33.6 Å². The molecule has 0 unspecified atom stereocenters. The average Bonchev–Trinajstić information content (AvgIpc) is 3.23. The van der Waals surface area contributed by atoms with Gasteiger partial charge in [-0.2, -0.15) is 5.10 Å². The van der Waals surface area contributed by atoms with E-state index in [9.17, 15) is 9.90 Å². The van der Waals surface area contributed by atoms with Crippen molar-refractivity contribution in [1.82, 2.24) is 9.78 Å². The Labute approximate surface area is 128 Å². The molecule has 1 saturated carbocycles. The minimum absolute atomic E-state index is 0.104. The maximum atomic E-state index is 11.5. The fourth-order valence-electron chi connectivity index (χ4n) is 2.95. The number of nitrogens with one attached hydrogen (secondary N) is 1. The summed E-state index contributed by atoms with van der Waals surface area (Å²) in [5.74, 6) is 0. The third-order valence-electron chi connectivity index (χ3n) is 4.23. The molecule has 0 saturated heterocycles. The van der Waals surface area contributed by atoms with Gasteiger partial charge >= 0.3 is 6.09 Å². The van der Waals surface area contributed by atoms with Gasteiger partial charge in [-0.3, -0.25) is 9.58 Å². The van der Waals surface area contributed by atoms with Crippen molar-refractivity contribution in [3.63, 3.8) is 0 Å². The van der Waals surface area contributed by atoms with Gasteiger partial charge in [-0.05, 0) is 37.5 Å². The molecule has 2 N–H and O–H groups in total. The van der Waals surface area contributed by atoms with E-state index in [1.54, 1.807) is 0 Å². The Morgan fingerprint density at radius 3 is 2.91 bits per heavy atom. The van der Waals surface area contributed by atoms with Gasteiger partial charge in [0.25, 0.3) is 0 Å². The maximum Gasteiger partial charge on any atom is 0.411 e. The quantitative estimate of drug-likeness (QED) is 0.893. The zero-order valence-electron chi connectivity index (χ0n) is 12.4. The molecule has 1 aromatic carbocycles. The number of hydrogen-bond acceptors (Lipinski definition) is 3. The van der Waals surface area contributed by atoms with Crippen LogP contribution in [0.1, 0.15) is 25.8 Å². The van der Waals surface area contributed by atoms with Crippen LogP contribution in [-0.2, 0) is 0 Å². The highest BCUT2D eigenvalue weighted by atomic mass is 16.4. The summed E-state index contributed by atoms with van der Waals surface area (Å²) in [5.41, 5.74) is 3.59. The molecular weight excluding hydrogens is 280 g/mol. The van der Waals surface area contributed by atoms with E-state index in [-0.39, 0.29) is 6.04 Å². The smallest absolute Gasteiger partial charge is 0.411 e. The summed E-state index contributed by atoms with van der Waals surface area (Å²) in [7, 11) is 0. The van der Waals surface area contributed by atoms with Gasteiger partial charge in [-0.25, -0.2) is 4.79 Å². The van der Waals surface area contributed by atoms with Crippen molar-refractivity contribution in [3.8, 4) is 11.1 Å². The first kappa shape index (κ1) is 13.2. The van der Waals surface area contributed by atoms with Crippen LogP contribution >= 0.6 is 0 Å². The minimum atomic E-state index is -0.916. The highest BCUT2D eigenvalue weighted by molar-refractivity contribution is 5.94. The summed E-state index contributed by atoms with van der Waals surface area (Å²) in [6.45, 7) is 2.43. The van der Waals surface area contributed by atoms with Gasteiger partial charge in [-0.15, -0.1) is 0 Å². The molecule has 1 aliphatic heterocycles. The summed E-state index contributed by atoms with van der Waals surface area (Å²) in [6.07, 6.45) is 5.37. The molecule has 0 spiro atoms. The van der Waals surface area contributed by atoms with Crippen molar-refractivity contribution in [2.75, 3.05) is 16.8 Å². The van der Waals surface area contributed by atoms with Gasteiger partial charge in [0, 0.05) is 24.3 Å². The Hall–Kier alpha value is -2.50. The summed E-state index contributed by atoms with van der Waals surface area (Å²) in [6, 6.07) is 6.54. The van der Waals surface area contributed by atoms with Crippen LogP contribution in [0.15, 0.2) is 30.6 Å². The normalized spacial score (nSPS) is 20.4. The molecule has 2 aromatic rings. The summed E-state index contributed by atoms with van der Waals surface area (Å²) < 4.78 is 2.00. The summed E-state index contributed by atoms with van der Waals surface area (Å²) in [4.78, 5) is 12.9. The number of benzene rings is 1. The first-order valence-corrected chi connectivity index (χ1v) is 7.57. The third kappa shape index (κ3) is 2.20. The number of amides is 1.